The smallest absolute Gasteiger partial charge is 0.349 e. The number of fused-ring (bicyclic) bond motifs is 2. The molecule has 1 aromatic carbocycles. The second kappa shape index (κ2) is 6.02. The van der Waals surface area contributed by atoms with Crippen molar-refractivity contribution in [3.63, 3.8) is 0 Å². The average molecular weight is 369 g/mol. The quantitative estimate of drug-likeness (QED) is 0.696. The van der Waals surface area contributed by atoms with Gasteiger partial charge >= 0.3 is 5.63 Å². The number of para-hydroxylation sites is 1. The molecule has 0 unspecified atom stereocenters. The molecule has 0 saturated carbocycles. The Balaban J connectivity index is 1.76. The van der Waals surface area contributed by atoms with E-state index in [1.165, 1.54) is 0 Å². The van der Waals surface area contributed by atoms with Crippen LogP contribution >= 0.6 is 11.8 Å². The topological polar surface area (TPSA) is 77.1 Å². The summed E-state index contributed by atoms with van der Waals surface area (Å²) in [6.07, 6.45) is 0. The van der Waals surface area contributed by atoms with Crippen LogP contribution in [0.25, 0.3) is 11.0 Å². The molecule has 0 atom stereocenters. The highest BCUT2D eigenvalue weighted by Gasteiger charge is 2.29. The van der Waals surface area contributed by atoms with Crippen molar-refractivity contribution in [2.75, 3.05) is 5.32 Å². The predicted octanol–water partition coefficient (Wildman–Crippen LogP) is 3.74. The molecule has 0 spiro atoms. The van der Waals surface area contributed by atoms with Crippen LogP contribution in [-0.2, 0) is 17.0 Å². The Morgan fingerprint density at radius 3 is 2.81 bits per heavy atom. The summed E-state index contributed by atoms with van der Waals surface area (Å²) in [5.74, 6) is 1.82. The van der Waals surface area contributed by atoms with Crippen molar-refractivity contribution < 1.29 is 9.21 Å². The Labute approximate surface area is 154 Å². The molecule has 7 heteroatoms. The molecule has 2 aromatic heterocycles. The Morgan fingerprint density at radius 2 is 2.04 bits per heavy atom. The maximum Gasteiger partial charge on any atom is 0.349 e. The van der Waals surface area contributed by atoms with Crippen LogP contribution in [0.4, 0.5) is 5.82 Å². The predicted molar refractivity (Wildman–Crippen MR) is 103 cm³/mol. The summed E-state index contributed by atoms with van der Waals surface area (Å²) < 4.78 is 7.11. The monoisotopic (exact) mass is 369 g/mol. The first kappa shape index (κ1) is 16.9. The van der Waals surface area contributed by atoms with Crippen LogP contribution in [0.15, 0.2) is 39.5 Å². The number of thioether (sulfide) groups is 1. The van der Waals surface area contributed by atoms with E-state index in [1.54, 1.807) is 30.0 Å². The van der Waals surface area contributed by atoms with Crippen LogP contribution in [0.3, 0.4) is 0 Å². The van der Waals surface area contributed by atoms with Gasteiger partial charge in [-0.3, -0.25) is 4.79 Å². The maximum absolute atomic E-state index is 12.8. The van der Waals surface area contributed by atoms with E-state index in [1.807, 2.05) is 37.6 Å². The van der Waals surface area contributed by atoms with E-state index in [-0.39, 0.29) is 11.1 Å². The summed E-state index contributed by atoms with van der Waals surface area (Å²) in [4.78, 5) is 25.1. The Morgan fingerprint density at radius 1 is 1.27 bits per heavy atom. The third-order valence-electron chi connectivity index (χ3n) is 4.31. The van der Waals surface area contributed by atoms with Gasteiger partial charge in [0.05, 0.1) is 11.2 Å². The molecule has 26 heavy (non-hydrogen) atoms. The first-order chi connectivity index (χ1) is 12.3. The molecule has 0 saturated heterocycles. The van der Waals surface area contributed by atoms with Crippen molar-refractivity contribution in [3.8, 4) is 0 Å². The highest BCUT2D eigenvalue weighted by atomic mass is 32.2. The SMILES string of the molecule is CC(C)(C)n1nc2c(c1NC(=O)c1cc3ccccc3oc1=O)CSC2. The van der Waals surface area contributed by atoms with Gasteiger partial charge in [-0.05, 0) is 32.9 Å². The number of benzene rings is 1. The van der Waals surface area contributed by atoms with Gasteiger partial charge in [0, 0.05) is 22.5 Å². The van der Waals surface area contributed by atoms with E-state index in [4.69, 9.17) is 4.42 Å². The fourth-order valence-electron chi connectivity index (χ4n) is 3.02. The second-order valence-electron chi connectivity index (χ2n) is 7.29. The lowest BCUT2D eigenvalue weighted by Gasteiger charge is -2.23. The highest BCUT2D eigenvalue weighted by Crippen LogP contribution is 2.37. The molecular weight excluding hydrogens is 350 g/mol. The van der Waals surface area contributed by atoms with Crippen molar-refractivity contribution in [2.45, 2.75) is 37.8 Å². The minimum atomic E-state index is -0.644. The largest absolute Gasteiger partial charge is 0.422 e. The summed E-state index contributed by atoms with van der Waals surface area (Å²) in [6, 6.07) is 8.71. The maximum atomic E-state index is 12.8. The van der Waals surface area contributed by atoms with Crippen LogP contribution in [0.5, 0.6) is 0 Å². The minimum absolute atomic E-state index is 0.00948. The van der Waals surface area contributed by atoms with E-state index >= 15 is 0 Å². The van der Waals surface area contributed by atoms with Gasteiger partial charge in [0.15, 0.2) is 0 Å². The van der Waals surface area contributed by atoms with E-state index in [0.29, 0.717) is 16.8 Å². The normalized spacial score (nSPS) is 13.8. The van der Waals surface area contributed by atoms with Crippen LogP contribution in [-0.4, -0.2) is 15.7 Å². The summed E-state index contributed by atoms with van der Waals surface area (Å²) >= 11 is 1.76. The zero-order valence-corrected chi connectivity index (χ0v) is 15.6. The van der Waals surface area contributed by atoms with Crippen LogP contribution in [0.1, 0.15) is 42.4 Å². The molecule has 1 N–H and O–H groups in total. The van der Waals surface area contributed by atoms with E-state index in [2.05, 4.69) is 10.4 Å². The zero-order valence-electron chi connectivity index (χ0n) is 14.8. The van der Waals surface area contributed by atoms with Gasteiger partial charge in [0.25, 0.3) is 5.91 Å². The van der Waals surface area contributed by atoms with Crippen LogP contribution in [0.2, 0.25) is 0 Å². The number of carbonyl (C=O) groups is 1. The Bertz CT molecular complexity index is 1080. The van der Waals surface area contributed by atoms with Gasteiger partial charge in [-0.1, -0.05) is 18.2 Å². The summed E-state index contributed by atoms with van der Waals surface area (Å²) in [6.45, 7) is 6.09. The molecular formula is C19H19N3O3S. The number of carbonyl (C=O) groups excluding carboxylic acids is 1. The molecule has 1 aliphatic rings. The number of rotatable bonds is 2. The van der Waals surface area contributed by atoms with E-state index in [9.17, 15) is 9.59 Å². The van der Waals surface area contributed by atoms with Crippen LogP contribution < -0.4 is 10.9 Å². The highest BCUT2D eigenvalue weighted by molar-refractivity contribution is 7.98. The number of anilines is 1. The number of hydrogen-bond donors (Lipinski definition) is 1. The number of nitrogens with zero attached hydrogens (tertiary/aromatic N) is 2. The van der Waals surface area contributed by atoms with Crippen molar-refractivity contribution in [1.29, 1.82) is 0 Å². The second-order valence-corrected chi connectivity index (χ2v) is 8.27. The van der Waals surface area contributed by atoms with Gasteiger partial charge in [-0.15, -0.1) is 0 Å². The summed E-state index contributed by atoms with van der Waals surface area (Å²) in [7, 11) is 0. The molecule has 3 heterocycles. The molecule has 3 aromatic rings. The molecule has 4 rings (SSSR count). The Kier molecular flexibility index (Phi) is 3.91. The van der Waals surface area contributed by atoms with E-state index < -0.39 is 11.5 Å². The fourth-order valence-corrected chi connectivity index (χ4v) is 4.06. The van der Waals surface area contributed by atoms with Crippen molar-refractivity contribution in [1.82, 2.24) is 9.78 Å². The van der Waals surface area contributed by atoms with Crippen molar-refractivity contribution >= 4 is 34.5 Å². The van der Waals surface area contributed by atoms with Gasteiger partial charge in [0.2, 0.25) is 0 Å². The number of hydrogen-bond acceptors (Lipinski definition) is 5. The molecule has 1 aliphatic heterocycles. The first-order valence-electron chi connectivity index (χ1n) is 8.38. The summed E-state index contributed by atoms with van der Waals surface area (Å²) in [5, 5.41) is 8.28. The molecule has 0 bridgehead atoms. The lowest BCUT2D eigenvalue weighted by molar-refractivity contribution is 0.102. The molecule has 0 aliphatic carbocycles. The first-order valence-corrected chi connectivity index (χ1v) is 9.53. The molecule has 6 nitrogen and oxygen atoms in total. The van der Waals surface area contributed by atoms with E-state index in [0.717, 1.165) is 22.8 Å². The molecule has 0 radical (unpaired) electrons. The van der Waals surface area contributed by atoms with Crippen molar-refractivity contribution in [2.24, 2.45) is 0 Å². The third-order valence-corrected chi connectivity index (χ3v) is 5.28. The molecule has 0 fully saturated rings. The third kappa shape index (κ3) is 2.82. The number of aromatic nitrogens is 2. The van der Waals surface area contributed by atoms with Crippen LogP contribution in [0, 0.1) is 0 Å². The van der Waals surface area contributed by atoms with Gasteiger partial charge in [-0.2, -0.15) is 16.9 Å². The fraction of sp³-hybridized carbons (Fsp3) is 0.316. The van der Waals surface area contributed by atoms with Gasteiger partial charge in [0.1, 0.15) is 17.0 Å². The zero-order chi connectivity index (χ0) is 18.5. The minimum Gasteiger partial charge on any atom is -0.422 e. The average Bonchev–Trinajstić information content (AvgIpc) is 3.16. The number of amides is 1. The summed E-state index contributed by atoms with van der Waals surface area (Å²) in [5.41, 5.74) is 1.55. The lowest BCUT2D eigenvalue weighted by atomic mass is 10.1. The van der Waals surface area contributed by atoms with Gasteiger partial charge in [-0.25, -0.2) is 9.48 Å². The molecule has 134 valence electrons. The Hall–Kier alpha value is -2.54. The van der Waals surface area contributed by atoms with Crippen molar-refractivity contribution in [3.05, 3.63) is 57.6 Å². The standard InChI is InChI=1S/C19H19N3O3S/c1-19(2,3)22-16(13-9-26-10-14(13)21-22)20-17(23)12-8-11-6-4-5-7-15(11)25-18(12)24/h4-8H,9-10H2,1-3H3,(H,20,23). The lowest BCUT2D eigenvalue weighted by Crippen LogP contribution is -2.28. The van der Waals surface area contributed by atoms with Gasteiger partial charge < -0.3 is 9.73 Å². The number of nitrogens with one attached hydrogen (secondary N) is 1. The molecule has 1 amide bonds.